The molecule has 0 aromatic heterocycles. The van der Waals surface area contributed by atoms with Crippen molar-refractivity contribution in [1.29, 1.82) is 0 Å². The molecule has 0 amide bonds. The van der Waals surface area contributed by atoms with E-state index in [1.54, 1.807) is 0 Å². The van der Waals surface area contributed by atoms with E-state index in [1.807, 2.05) is 0 Å². The third kappa shape index (κ3) is 6.89. The monoisotopic (exact) mass is 310 g/mol. The first-order valence-electron chi connectivity index (χ1n) is 7.05. The van der Waals surface area contributed by atoms with Gasteiger partial charge < -0.3 is 12.8 Å². The van der Waals surface area contributed by atoms with Crippen molar-refractivity contribution in [3.63, 3.8) is 0 Å². The Morgan fingerprint density at radius 2 is 1.05 bits per heavy atom. The molecule has 1 heteroatoms. The summed E-state index contributed by atoms with van der Waals surface area (Å²) in [5.74, 6) is 1.63. The molecule has 0 aromatic rings. The molecule has 2 aliphatic carbocycles. The van der Waals surface area contributed by atoms with Crippen LogP contribution in [-0.2, 0) is 19.5 Å². The molecule has 2 rings (SSSR count). The normalized spacial score (nSPS) is 28.3. The first kappa shape index (κ1) is 19.1. The van der Waals surface area contributed by atoms with E-state index in [9.17, 15) is 0 Å². The second kappa shape index (κ2) is 6.71. The Balaban J connectivity index is 0.000000324. The summed E-state index contributed by atoms with van der Waals surface area (Å²) in [5, 5.41) is 0. The van der Waals surface area contributed by atoms with Crippen LogP contribution in [0.5, 0.6) is 0 Å². The minimum absolute atomic E-state index is 0. The van der Waals surface area contributed by atoms with Crippen LogP contribution >= 0.6 is 0 Å². The van der Waals surface area contributed by atoms with Crippen molar-refractivity contribution in [2.75, 3.05) is 0 Å². The van der Waals surface area contributed by atoms with E-state index in [0.717, 1.165) is 11.8 Å². The third-order valence-electron chi connectivity index (χ3n) is 4.09. The van der Waals surface area contributed by atoms with Crippen molar-refractivity contribution in [2.24, 2.45) is 22.7 Å². The topological polar surface area (TPSA) is 0 Å². The molecule has 0 bridgehead atoms. The summed E-state index contributed by atoms with van der Waals surface area (Å²) < 4.78 is 0. The molecule has 2 saturated carbocycles. The zero-order chi connectivity index (χ0) is 14.1. The summed E-state index contributed by atoms with van der Waals surface area (Å²) in [6.45, 7) is 21.1. The minimum Gasteiger partial charge on any atom is -0.324 e. The van der Waals surface area contributed by atoms with Gasteiger partial charge in [0.25, 0.3) is 0 Å². The average molecular weight is 312 g/mol. The zero-order valence-corrected chi connectivity index (χ0v) is 16.8. The zero-order valence-electron chi connectivity index (χ0n) is 13.8. The van der Waals surface area contributed by atoms with Crippen LogP contribution in [0, 0.1) is 35.5 Å². The van der Waals surface area contributed by atoms with E-state index in [4.69, 9.17) is 0 Å². The smallest absolute Gasteiger partial charge is 0.324 e. The summed E-state index contributed by atoms with van der Waals surface area (Å²) in [5.41, 5.74) is 3.64. The van der Waals surface area contributed by atoms with Crippen LogP contribution < -0.4 is 0 Å². The molecule has 0 aromatic carbocycles. The van der Waals surface area contributed by atoms with E-state index < -0.39 is 0 Å². The second-order valence-corrected chi connectivity index (χ2v) is 7.51. The fourth-order valence-electron chi connectivity index (χ4n) is 2.34. The standard InChI is InChI=1S/2C9H15.Zn/c2*1-7(2)5-8-6-9(8,3)4;/h2*6,8H,1,5H2,2-4H3;/q2*-1;+2/t2*8-;/m00./s1. The molecule has 0 heterocycles. The van der Waals surface area contributed by atoms with Gasteiger partial charge in [0, 0.05) is 0 Å². The van der Waals surface area contributed by atoms with Crippen LogP contribution in [0.25, 0.3) is 0 Å². The SMILES string of the molecule is C=C(C)C[C@H]1[CH-]C1(C)C.C=C(C)C[C@H]1[CH-]C1(C)C.[Zn+2]. The summed E-state index contributed by atoms with van der Waals surface area (Å²) in [6.07, 6.45) is 7.16. The van der Waals surface area contributed by atoms with Gasteiger partial charge in [-0.3, -0.25) is 0 Å². The fourth-order valence-corrected chi connectivity index (χ4v) is 2.34. The van der Waals surface area contributed by atoms with Crippen LogP contribution in [0.4, 0.5) is 0 Å². The molecule has 2 fully saturated rings. The van der Waals surface area contributed by atoms with Crippen LogP contribution in [0.3, 0.4) is 0 Å². The van der Waals surface area contributed by atoms with Crippen molar-refractivity contribution in [3.05, 3.63) is 37.1 Å². The molecule has 0 unspecified atom stereocenters. The van der Waals surface area contributed by atoms with Gasteiger partial charge in [0.1, 0.15) is 0 Å². The predicted octanol–water partition coefficient (Wildman–Crippen LogP) is 5.62. The Hall–Kier alpha value is 0.103. The first-order chi connectivity index (χ1) is 8.04. The van der Waals surface area contributed by atoms with E-state index >= 15 is 0 Å². The van der Waals surface area contributed by atoms with Gasteiger partial charge in [-0.2, -0.15) is 22.7 Å². The molecule has 0 spiro atoms. The van der Waals surface area contributed by atoms with Crippen molar-refractivity contribution in [2.45, 2.75) is 54.4 Å². The molecular formula is C18H30Zn. The molecule has 2 aliphatic rings. The van der Waals surface area contributed by atoms with Crippen LogP contribution in [0.15, 0.2) is 24.3 Å². The van der Waals surface area contributed by atoms with Gasteiger partial charge in [0.15, 0.2) is 0 Å². The quantitative estimate of drug-likeness (QED) is 0.359. The Morgan fingerprint density at radius 3 is 1.11 bits per heavy atom. The largest absolute Gasteiger partial charge is 2.00 e. The van der Waals surface area contributed by atoms with Crippen LogP contribution in [0.2, 0.25) is 0 Å². The molecule has 0 radical (unpaired) electrons. The van der Waals surface area contributed by atoms with Crippen molar-refractivity contribution in [3.8, 4) is 0 Å². The van der Waals surface area contributed by atoms with Gasteiger partial charge >= 0.3 is 19.5 Å². The molecule has 2 atom stereocenters. The predicted molar refractivity (Wildman–Crippen MR) is 82.0 cm³/mol. The van der Waals surface area contributed by atoms with Crippen molar-refractivity contribution in [1.82, 2.24) is 0 Å². The van der Waals surface area contributed by atoms with E-state index in [-0.39, 0.29) is 19.5 Å². The van der Waals surface area contributed by atoms with Crippen molar-refractivity contribution >= 4 is 0 Å². The Morgan fingerprint density at radius 1 is 0.842 bits per heavy atom. The van der Waals surface area contributed by atoms with E-state index in [1.165, 1.54) is 24.0 Å². The molecular weight excluding hydrogens is 282 g/mol. The number of allylic oxidation sites excluding steroid dienone is 2. The Labute approximate surface area is 133 Å². The van der Waals surface area contributed by atoms with Crippen LogP contribution in [0.1, 0.15) is 54.4 Å². The average Bonchev–Trinajstić information content (AvgIpc) is 2.89. The summed E-state index contributed by atoms with van der Waals surface area (Å²) >= 11 is 0. The van der Waals surface area contributed by atoms with Gasteiger partial charge in [0.2, 0.25) is 0 Å². The fraction of sp³-hybridized carbons (Fsp3) is 0.667. The molecule has 104 valence electrons. The summed E-state index contributed by atoms with van der Waals surface area (Å²) in [7, 11) is 0. The van der Waals surface area contributed by atoms with Gasteiger partial charge in [-0.25, -0.2) is 0 Å². The molecule has 0 aliphatic heterocycles. The van der Waals surface area contributed by atoms with Gasteiger partial charge in [-0.15, -0.1) is 13.2 Å². The minimum atomic E-state index is 0. The van der Waals surface area contributed by atoms with Crippen LogP contribution in [-0.4, -0.2) is 0 Å². The maximum absolute atomic E-state index is 3.88. The van der Waals surface area contributed by atoms with Gasteiger partial charge in [-0.1, -0.05) is 51.7 Å². The molecule has 0 saturated heterocycles. The third-order valence-corrected chi connectivity index (χ3v) is 4.09. The molecule has 0 nitrogen and oxygen atoms in total. The maximum Gasteiger partial charge on any atom is 2.00 e. The summed E-state index contributed by atoms with van der Waals surface area (Å²) in [6, 6.07) is 0. The number of rotatable bonds is 4. The van der Waals surface area contributed by atoms with E-state index in [0.29, 0.717) is 10.8 Å². The molecule has 0 N–H and O–H groups in total. The Bertz CT molecular complexity index is 302. The number of hydrogen-bond donors (Lipinski definition) is 0. The Kier molecular flexibility index (Phi) is 6.74. The van der Waals surface area contributed by atoms with Gasteiger partial charge in [-0.05, 0) is 13.8 Å². The maximum atomic E-state index is 3.88. The molecule has 19 heavy (non-hydrogen) atoms. The van der Waals surface area contributed by atoms with Gasteiger partial charge in [0.05, 0.1) is 0 Å². The number of hydrogen-bond acceptors (Lipinski definition) is 0. The van der Waals surface area contributed by atoms with Crippen molar-refractivity contribution < 1.29 is 19.5 Å². The van der Waals surface area contributed by atoms with E-state index in [2.05, 4.69) is 67.5 Å². The summed E-state index contributed by atoms with van der Waals surface area (Å²) in [4.78, 5) is 0. The first-order valence-corrected chi connectivity index (χ1v) is 7.05. The second-order valence-electron chi connectivity index (χ2n) is 7.51.